The summed E-state index contributed by atoms with van der Waals surface area (Å²) < 4.78 is 40.3. The summed E-state index contributed by atoms with van der Waals surface area (Å²) in [4.78, 5) is 10.3. The molecule has 0 rings (SSSR count). The number of hydrogen-bond acceptors (Lipinski definition) is 3. The Morgan fingerprint density at radius 2 is 2.08 bits per heavy atom. The third-order valence-electron chi connectivity index (χ3n) is 1.36. The fourth-order valence-electron chi connectivity index (χ4n) is 0.501. The summed E-state index contributed by atoms with van der Waals surface area (Å²) in [6, 6.07) is 0. The number of halogens is 2. The molecule has 1 unspecified atom stereocenters. The van der Waals surface area contributed by atoms with Gasteiger partial charge in [-0.3, -0.25) is 4.79 Å². The maximum Gasteiger partial charge on any atom is 0.595 e. The first-order chi connectivity index (χ1) is 5.92. The monoisotopic (exact) mass is 213 g/mol. The molecule has 1 atom stereocenters. The van der Waals surface area contributed by atoms with E-state index < -0.39 is 19.5 Å². The average molecular weight is 213 g/mol. The molecule has 0 N–H and O–H groups in total. The van der Waals surface area contributed by atoms with E-state index in [0.717, 1.165) is 6.42 Å². The van der Waals surface area contributed by atoms with Crippen molar-refractivity contribution in [3.8, 4) is 0 Å². The van der Waals surface area contributed by atoms with Crippen LogP contribution in [-0.2, 0) is 13.9 Å². The minimum absolute atomic E-state index is 0.00538. The van der Waals surface area contributed by atoms with E-state index in [1.807, 2.05) is 6.92 Å². The number of unbranched alkanes of at least 4 members (excludes halogenated alkanes) is 1. The molecule has 0 aromatic heterocycles. The number of hydrogen-bond donors (Lipinski definition) is 0. The van der Waals surface area contributed by atoms with Crippen molar-refractivity contribution in [1.29, 1.82) is 0 Å². The van der Waals surface area contributed by atoms with E-state index in [0.29, 0.717) is 13.3 Å². The van der Waals surface area contributed by atoms with Gasteiger partial charge in [0.05, 0.1) is 0 Å². The van der Waals surface area contributed by atoms with Crippen LogP contribution >= 0.6 is 8.03 Å². The van der Waals surface area contributed by atoms with E-state index in [-0.39, 0.29) is 6.61 Å². The van der Waals surface area contributed by atoms with Crippen molar-refractivity contribution < 1.29 is 22.7 Å². The highest BCUT2D eigenvalue weighted by Gasteiger charge is 2.58. The Morgan fingerprint density at radius 3 is 2.46 bits per heavy atom. The first-order valence-corrected chi connectivity index (χ1v) is 5.09. The third-order valence-corrected chi connectivity index (χ3v) is 2.55. The highest BCUT2D eigenvalue weighted by atomic mass is 31.1. The van der Waals surface area contributed by atoms with E-state index >= 15 is 0 Å². The Kier molecular flexibility index (Phi) is 5.18. The number of carbonyl (C=O) groups is 1. The van der Waals surface area contributed by atoms with Crippen molar-refractivity contribution in [3.63, 3.8) is 0 Å². The van der Waals surface area contributed by atoms with Crippen molar-refractivity contribution >= 4 is 13.8 Å². The maximum absolute atomic E-state index is 12.6. The summed E-state index contributed by atoms with van der Waals surface area (Å²) >= 11 is 0. The van der Waals surface area contributed by atoms with Crippen molar-refractivity contribution in [2.24, 2.45) is 0 Å². The standard InChI is InChI=1S/C7H12F2O3P/c1-3-4-5-12-13(11)7(8,9)6(2)10/h3-5H2,1-2H3/q+1. The number of rotatable bonds is 6. The molecule has 0 spiro atoms. The molecule has 0 heterocycles. The summed E-state index contributed by atoms with van der Waals surface area (Å²) in [5.74, 6) is -1.43. The molecule has 0 aromatic rings. The molecule has 0 bridgehead atoms. The van der Waals surface area contributed by atoms with Crippen LogP contribution in [0.25, 0.3) is 0 Å². The molecule has 13 heavy (non-hydrogen) atoms. The van der Waals surface area contributed by atoms with E-state index in [4.69, 9.17) is 0 Å². The van der Waals surface area contributed by atoms with Crippen LogP contribution in [0.2, 0.25) is 0 Å². The SMILES string of the molecule is CCCCO[P+](=O)C(F)(F)C(C)=O. The molecule has 76 valence electrons. The number of Topliss-reactive ketones (excluding diaryl/α,β-unsaturated/α-hetero) is 1. The highest BCUT2D eigenvalue weighted by molar-refractivity contribution is 7.42. The third kappa shape index (κ3) is 3.87. The first-order valence-electron chi connectivity index (χ1n) is 3.92. The summed E-state index contributed by atoms with van der Waals surface area (Å²) in [7, 11) is -3.21. The number of ketones is 1. The summed E-state index contributed by atoms with van der Waals surface area (Å²) in [5.41, 5.74) is -3.84. The van der Waals surface area contributed by atoms with Gasteiger partial charge in [0, 0.05) is 6.92 Å². The predicted molar refractivity (Wildman–Crippen MR) is 44.1 cm³/mol. The van der Waals surface area contributed by atoms with Crippen LogP contribution in [0.5, 0.6) is 0 Å². The molecule has 0 saturated carbocycles. The highest BCUT2D eigenvalue weighted by Crippen LogP contribution is 2.43. The summed E-state index contributed by atoms with van der Waals surface area (Å²) in [5, 5.41) is 0. The minimum atomic E-state index is -3.84. The van der Waals surface area contributed by atoms with Crippen LogP contribution in [0, 0.1) is 0 Å². The number of carbonyl (C=O) groups excluding carboxylic acids is 1. The van der Waals surface area contributed by atoms with Crippen LogP contribution in [0.3, 0.4) is 0 Å². The first kappa shape index (κ1) is 12.6. The lowest BCUT2D eigenvalue weighted by Crippen LogP contribution is -2.21. The zero-order valence-corrected chi connectivity index (χ0v) is 8.44. The Balaban J connectivity index is 4.03. The van der Waals surface area contributed by atoms with Crippen molar-refractivity contribution in [2.75, 3.05) is 6.61 Å². The number of alkyl halides is 2. The lowest BCUT2D eigenvalue weighted by Gasteiger charge is -1.98. The molecule has 3 nitrogen and oxygen atoms in total. The van der Waals surface area contributed by atoms with Gasteiger partial charge in [-0.25, -0.2) is 0 Å². The largest absolute Gasteiger partial charge is 0.595 e. The zero-order valence-electron chi connectivity index (χ0n) is 7.55. The zero-order chi connectivity index (χ0) is 10.5. The van der Waals surface area contributed by atoms with Crippen molar-refractivity contribution in [3.05, 3.63) is 0 Å². The maximum atomic E-state index is 12.6. The molecule has 0 radical (unpaired) electrons. The minimum Gasteiger partial charge on any atom is -0.288 e. The Hall–Kier alpha value is -0.410. The molecule has 0 aliphatic carbocycles. The quantitative estimate of drug-likeness (QED) is 0.503. The van der Waals surface area contributed by atoms with Crippen LogP contribution in [0.15, 0.2) is 0 Å². The molecule has 6 heteroatoms. The van der Waals surface area contributed by atoms with Crippen molar-refractivity contribution in [1.82, 2.24) is 0 Å². The molecule has 0 aromatic carbocycles. The second-order valence-corrected chi connectivity index (χ2v) is 3.88. The van der Waals surface area contributed by atoms with Crippen LogP contribution in [0.4, 0.5) is 8.78 Å². The lowest BCUT2D eigenvalue weighted by atomic mass is 10.4. The van der Waals surface area contributed by atoms with E-state index in [1.54, 1.807) is 0 Å². The fraction of sp³-hybridized carbons (Fsp3) is 0.857. The van der Waals surface area contributed by atoms with Gasteiger partial charge >= 0.3 is 13.7 Å². The van der Waals surface area contributed by atoms with Crippen molar-refractivity contribution in [2.45, 2.75) is 32.4 Å². The Labute approximate surface area is 76.3 Å². The molecule has 0 aliphatic heterocycles. The normalized spacial score (nSPS) is 12.8. The fourth-order valence-corrected chi connectivity index (χ4v) is 1.22. The van der Waals surface area contributed by atoms with Gasteiger partial charge in [0.1, 0.15) is 6.61 Å². The van der Waals surface area contributed by atoms with Gasteiger partial charge < -0.3 is 0 Å². The molecule has 0 aliphatic rings. The average Bonchev–Trinajstić information content (AvgIpc) is 2.04. The van der Waals surface area contributed by atoms with Crippen LogP contribution in [0.1, 0.15) is 26.7 Å². The lowest BCUT2D eigenvalue weighted by molar-refractivity contribution is -0.131. The smallest absolute Gasteiger partial charge is 0.288 e. The van der Waals surface area contributed by atoms with Gasteiger partial charge in [0.15, 0.2) is 0 Å². The van der Waals surface area contributed by atoms with E-state index in [1.165, 1.54) is 0 Å². The van der Waals surface area contributed by atoms with Gasteiger partial charge in [-0.1, -0.05) is 13.3 Å². The molecular weight excluding hydrogens is 201 g/mol. The van der Waals surface area contributed by atoms with Crippen LogP contribution in [-0.4, -0.2) is 18.1 Å². The Bertz CT molecular complexity index is 206. The van der Waals surface area contributed by atoms with Gasteiger partial charge in [-0.05, 0) is 11.0 Å². The van der Waals surface area contributed by atoms with Gasteiger partial charge in [-0.15, -0.1) is 13.3 Å². The molecule has 0 amide bonds. The van der Waals surface area contributed by atoms with Gasteiger partial charge in [-0.2, -0.15) is 0 Å². The predicted octanol–water partition coefficient (Wildman–Crippen LogP) is 2.73. The molecule has 0 saturated heterocycles. The van der Waals surface area contributed by atoms with Crippen LogP contribution < -0.4 is 0 Å². The molecule has 0 fully saturated rings. The summed E-state index contributed by atoms with van der Waals surface area (Å²) in [6.07, 6.45) is 1.31. The summed E-state index contributed by atoms with van der Waals surface area (Å²) in [6.45, 7) is 2.53. The van der Waals surface area contributed by atoms with Gasteiger partial charge in [0.2, 0.25) is 0 Å². The molecular formula is C7H12F2O3P+. The van der Waals surface area contributed by atoms with E-state index in [2.05, 4.69) is 4.52 Å². The second-order valence-electron chi connectivity index (χ2n) is 2.54. The van der Waals surface area contributed by atoms with Gasteiger partial charge in [0.25, 0.3) is 5.78 Å². The topological polar surface area (TPSA) is 43.4 Å². The second kappa shape index (κ2) is 5.35. The van der Waals surface area contributed by atoms with E-state index in [9.17, 15) is 18.1 Å². The Morgan fingerprint density at radius 1 is 1.54 bits per heavy atom.